The van der Waals surface area contributed by atoms with Gasteiger partial charge in [0.1, 0.15) is 0 Å². The molecule has 17 heavy (non-hydrogen) atoms. The molecular formula is C10H11ClNO4P. The van der Waals surface area contributed by atoms with Gasteiger partial charge in [0, 0.05) is 0 Å². The maximum Gasteiger partial charge on any atom is 0.396 e. The van der Waals surface area contributed by atoms with Gasteiger partial charge in [0.05, 0.1) is 7.11 Å². The van der Waals surface area contributed by atoms with Crippen LogP contribution in [0, 0.1) is 0 Å². The van der Waals surface area contributed by atoms with Gasteiger partial charge < -0.3 is 9.63 Å². The molecular weight excluding hydrogens is 265 g/mol. The first-order valence-electron chi connectivity index (χ1n) is 4.66. The highest BCUT2D eigenvalue weighted by Gasteiger charge is 2.35. The van der Waals surface area contributed by atoms with Crippen molar-refractivity contribution in [3.8, 4) is 5.75 Å². The van der Waals surface area contributed by atoms with Gasteiger partial charge >= 0.3 is 14.1 Å². The van der Waals surface area contributed by atoms with E-state index in [9.17, 15) is 9.69 Å². The molecule has 0 heterocycles. The number of ether oxygens (including phenoxy) is 1. The maximum atomic E-state index is 11.5. The van der Waals surface area contributed by atoms with Gasteiger partial charge in [-0.25, -0.2) is 4.79 Å². The SMILES string of the molecule is COC(=O)[C@@](C)(Cl)N=[P+]([O-])Oc1ccccc1. The summed E-state index contributed by atoms with van der Waals surface area (Å²) in [5.41, 5.74) is 0. The predicted molar refractivity (Wildman–Crippen MR) is 62.7 cm³/mol. The number of halogens is 1. The highest BCUT2D eigenvalue weighted by atomic mass is 35.5. The number of esters is 1. The fourth-order valence-corrected chi connectivity index (χ4v) is 1.97. The number of nitrogens with zero attached hydrogens (tertiary/aromatic N) is 1. The van der Waals surface area contributed by atoms with E-state index in [-0.39, 0.29) is 0 Å². The summed E-state index contributed by atoms with van der Waals surface area (Å²) in [4.78, 5) is 21.0. The molecule has 1 rings (SSSR count). The first-order valence-corrected chi connectivity index (χ1v) is 6.17. The predicted octanol–water partition coefficient (Wildman–Crippen LogP) is 2.05. The van der Waals surface area contributed by atoms with Crippen LogP contribution in [0.15, 0.2) is 35.1 Å². The van der Waals surface area contributed by atoms with Crippen LogP contribution in [0.3, 0.4) is 0 Å². The Morgan fingerprint density at radius 2 is 2.06 bits per heavy atom. The molecule has 7 heteroatoms. The van der Waals surface area contributed by atoms with Crippen molar-refractivity contribution < 1.29 is 18.9 Å². The van der Waals surface area contributed by atoms with Crippen molar-refractivity contribution in [3.05, 3.63) is 30.3 Å². The van der Waals surface area contributed by atoms with Crippen molar-refractivity contribution in [2.45, 2.75) is 11.9 Å². The molecule has 0 amide bonds. The highest BCUT2D eigenvalue weighted by Crippen LogP contribution is 2.30. The zero-order valence-electron chi connectivity index (χ0n) is 9.29. The molecule has 0 aliphatic heterocycles. The lowest BCUT2D eigenvalue weighted by Crippen LogP contribution is -2.27. The molecule has 0 radical (unpaired) electrons. The lowest BCUT2D eigenvalue weighted by Gasteiger charge is -2.10. The summed E-state index contributed by atoms with van der Waals surface area (Å²) in [5.74, 6) is -0.408. The molecule has 5 nitrogen and oxygen atoms in total. The molecule has 1 aromatic rings. The monoisotopic (exact) mass is 275 g/mol. The van der Waals surface area contributed by atoms with E-state index in [1.54, 1.807) is 30.3 Å². The Balaban J connectivity index is 2.76. The topological polar surface area (TPSA) is 71.0 Å². The Hall–Kier alpha value is -1.16. The first kappa shape index (κ1) is 13.9. The molecule has 1 aromatic carbocycles. The van der Waals surface area contributed by atoms with Crippen LogP contribution in [-0.2, 0) is 9.53 Å². The average molecular weight is 276 g/mol. The number of benzene rings is 1. The molecule has 0 N–H and O–H groups in total. The Morgan fingerprint density at radius 1 is 1.47 bits per heavy atom. The van der Waals surface area contributed by atoms with Gasteiger partial charge in [-0.1, -0.05) is 29.8 Å². The summed E-state index contributed by atoms with van der Waals surface area (Å²) in [6.07, 6.45) is 0. The number of rotatable bonds is 4. The molecule has 0 saturated carbocycles. The largest absolute Gasteiger partial charge is 0.575 e. The number of carbonyl (C=O) groups excluding carboxylic acids is 1. The van der Waals surface area contributed by atoms with Gasteiger partial charge in [-0.05, 0) is 23.8 Å². The van der Waals surface area contributed by atoms with Gasteiger partial charge in [-0.15, -0.1) is 0 Å². The second kappa shape index (κ2) is 5.96. The Bertz CT molecular complexity index is 422. The lowest BCUT2D eigenvalue weighted by molar-refractivity contribution is -0.169. The van der Waals surface area contributed by atoms with Crippen molar-refractivity contribution in [1.29, 1.82) is 0 Å². The van der Waals surface area contributed by atoms with Gasteiger partial charge in [0.15, 0.2) is 5.75 Å². The van der Waals surface area contributed by atoms with E-state index in [1.807, 2.05) is 0 Å². The first-order chi connectivity index (χ1) is 7.95. The van der Waals surface area contributed by atoms with Crippen LogP contribution in [-0.4, -0.2) is 18.1 Å². The molecule has 0 aliphatic carbocycles. The van der Waals surface area contributed by atoms with Crippen molar-refractivity contribution in [3.63, 3.8) is 0 Å². The van der Waals surface area contributed by atoms with Crippen LogP contribution in [0.5, 0.6) is 5.75 Å². The third kappa shape index (κ3) is 4.30. The summed E-state index contributed by atoms with van der Waals surface area (Å²) in [6.45, 7) is 1.28. The number of hydrogen-bond donors (Lipinski definition) is 0. The van der Waals surface area contributed by atoms with E-state index in [4.69, 9.17) is 16.1 Å². The summed E-state index contributed by atoms with van der Waals surface area (Å²) < 4.78 is 13.0. The second-order valence-electron chi connectivity index (χ2n) is 3.19. The minimum Gasteiger partial charge on any atom is -0.575 e. The quantitative estimate of drug-likeness (QED) is 0.365. The summed E-state index contributed by atoms with van der Waals surface area (Å²) in [5, 5.41) is 0. The van der Waals surface area contributed by atoms with Crippen molar-refractivity contribution in [1.82, 2.24) is 0 Å². The second-order valence-corrected chi connectivity index (χ2v) is 4.78. The number of carbonyl (C=O) groups is 1. The van der Waals surface area contributed by atoms with E-state index in [0.29, 0.717) is 5.75 Å². The van der Waals surface area contributed by atoms with Crippen LogP contribution < -0.4 is 9.42 Å². The third-order valence-corrected chi connectivity index (χ3v) is 3.04. The zero-order chi connectivity index (χ0) is 12.9. The van der Waals surface area contributed by atoms with Crippen LogP contribution in [0.2, 0.25) is 0 Å². The Morgan fingerprint density at radius 3 is 2.59 bits per heavy atom. The maximum absolute atomic E-state index is 11.5. The average Bonchev–Trinajstić information content (AvgIpc) is 2.28. The Kier molecular flexibility index (Phi) is 4.87. The minimum absolute atomic E-state index is 0.384. The van der Waals surface area contributed by atoms with Crippen molar-refractivity contribution in [2.24, 2.45) is 4.74 Å². The lowest BCUT2D eigenvalue weighted by atomic mass is 10.3. The fourth-order valence-electron chi connectivity index (χ4n) is 0.972. The Labute approximate surface area is 105 Å². The van der Waals surface area contributed by atoms with Crippen LogP contribution >= 0.6 is 19.8 Å². The minimum atomic E-state index is -2.44. The molecule has 0 bridgehead atoms. The molecule has 0 spiro atoms. The van der Waals surface area contributed by atoms with E-state index >= 15 is 0 Å². The zero-order valence-corrected chi connectivity index (χ0v) is 10.9. The summed E-state index contributed by atoms with van der Waals surface area (Å²) in [7, 11) is -1.27. The molecule has 0 fully saturated rings. The van der Waals surface area contributed by atoms with Crippen LogP contribution in [0.1, 0.15) is 6.92 Å². The van der Waals surface area contributed by atoms with Gasteiger partial charge in [-0.2, -0.15) is 0 Å². The summed E-state index contributed by atoms with van der Waals surface area (Å²) in [6, 6.07) is 8.47. The van der Waals surface area contributed by atoms with Gasteiger partial charge in [0.2, 0.25) is 0 Å². The van der Waals surface area contributed by atoms with Gasteiger partial charge in [0.25, 0.3) is 5.00 Å². The molecule has 0 aliphatic rings. The number of methoxy groups -OCH3 is 1. The highest BCUT2D eigenvalue weighted by molar-refractivity contribution is 7.34. The van der Waals surface area contributed by atoms with Crippen molar-refractivity contribution >= 4 is 25.7 Å². The van der Waals surface area contributed by atoms with Crippen LogP contribution in [0.4, 0.5) is 0 Å². The van der Waals surface area contributed by atoms with Crippen LogP contribution in [0.25, 0.3) is 0 Å². The molecule has 0 saturated heterocycles. The van der Waals surface area contributed by atoms with E-state index in [0.717, 1.165) is 0 Å². The standard InChI is InChI=1S/C10H11ClNO4P/c1-10(11,9(13)15-2)12-17(14)16-8-6-4-3-5-7-8/h3-7H,1-2H3/t10-/m0/s1. The van der Waals surface area contributed by atoms with E-state index in [2.05, 4.69) is 9.48 Å². The number of para-hydroxylation sites is 1. The van der Waals surface area contributed by atoms with Gasteiger partial charge in [-0.3, -0.25) is 4.52 Å². The normalized spacial score (nSPS) is 14.9. The number of hydrogen-bond acceptors (Lipinski definition) is 5. The molecule has 1 unspecified atom stereocenters. The molecule has 0 aromatic heterocycles. The van der Waals surface area contributed by atoms with E-state index in [1.165, 1.54) is 14.0 Å². The van der Waals surface area contributed by atoms with E-state index < -0.39 is 19.1 Å². The molecule has 92 valence electrons. The third-order valence-electron chi connectivity index (χ3n) is 1.75. The number of alkyl halides is 1. The molecule has 2 atom stereocenters. The fraction of sp³-hybridized carbons (Fsp3) is 0.300. The summed E-state index contributed by atoms with van der Waals surface area (Å²) >= 11 is 5.74. The smallest absolute Gasteiger partial charge is 0.396 e. The van der Waals surface area contributed by atoms with Crippen molar-refractivity contribution in [2.75, 3.05) is 7.11 Å².